The van der Waals surface area contributed by atoms with Crippen molar-refractivity contribution in [3.8, 4) is 0 Å². The Balaban J connectivity index is 1.89. The summed E-state index contributed by atoms with van der Waals surface area (Å²) in [5, 5.41) is 14.0. The molecule has 1 heterocycles. The van der Waals surface area contributed by atoms with E-state index in [0.717, 1.165) is 18.6 Å². The summed E-state index contributed by atoms with van der Waals surface area (Å²) in [6, 6.07) is 6.80. The number of hydrogen-bond donors (Lipinski definition) is 2. The quantitative estimate of drug-likeness (QED) is 0.597. The molecule has 1 unspecified atom stereocenters. The fourth-order valence-corrected chi connectivity index (χ4v) is 3.09. The minimum atomic E-state index is -0.502. The monoisotopic (exact) mass is 366 g/mol. The van der Waals surface area contributed by atoms with Crippen LogP contribution in [0.15, 0.2) is 34.5 Å². The molecule has 1 saturated heterocycles. The lowest BCUT2D eigenvalue weighted by molar-refractivity contribution is -0.122. The zero-order valence-corrected chi connectivity index (χ0v) is 15.1. The Morgan fingerprint density at radius 1 is 1.38 bits per heavy atom. The van der Waals surface area contributed by atoms with Crippen LogP contribution >= 0.6 is 23.4 Å². The van der Waals surface area contributed by atoms with Gasteiger partial charge in [-0.2, -0.15) is 5.10 Å². The lowest BCUT2D eigenvalue weighted by Gasteiger charge is -2.07. The molecular formula is C16H19ClN4O2S. The van der Waals surface area contributed by atoms with E-state index in [4.69, 9.17) is 11.6 Å². The minimum absolute atomic E-state index is 0.0653. The molecule has 1 aromatic rings. The predicted octanol–water partition coefficient (Wildman–Crippen LogP) is 3.43. The van der Waals surface area contributed by atoms with Crippen molar-refractivity contribution in [2.75, 3.05) is 5.32 Å². The first-order chi connectivity index (χ1) is 11.5. The Morgan fingerprint density at radius 2 is 2.08 bits per heavy atom. The summed E-state index contributed by atoms with van der Waals surface area (Å²) in [4.78, 5) is 24.0. The molecule has 1 aliphatic heterocycles. The van der Waals surface area contributed by atoms with E-state index >= 15 is 0 Å². The highest BCUT2D eigenvalue weighted by Gasteiger charge is 2.32. The van der Waals surface area contributed by atoms with Gasteiger partial charge < -0.3 is 10.6 Å². The number of amides is 2. The molecule has 0 aromatic heterocycles. The van der Waals surface area contributed by atoms with Crippen LogP contribution in [0.2, 0.25) is 5.02 Å². The number of nitrogens with one attached hydrogen (secondary N) is 2. The molecular weight excluding hydrogens is 348 g/mol. The van der Waals surface area contributed by atoms with Gasteiger partial charge in [-0.1, -0.05) is 36.7 Å². The third kappa shape index (κ3) is 5.65. The van der Waals surface area contributed by atoms with Crippen molar-refractivity contribution in [2.24, 2.45) is 10.2 Å². The van der Waals surface area contributed by atoms with Crippen molar-refractivity contribution in [2.45, 2.75) is 38.4 Å². The van der Waals surface area contributed by atoms with E-state index in [-0.39, 0.29) is 18.2 Å². The van der Waals surface area contributed by atoms with Gasteiger partial charge in [0, 0.05) is 22.8 Å². The normalized spacial score (nSPS) is 19.5. The number of rotatable bonds is 6. The van der Waals surface area contributed by atoms with E-state index in [0.29, 0.717) is 15.9 Å². The smallest absolute Gasteiger partial charge is 0.240 e. The molecule has 0 aliphatic carbocycles. The first-order valence-electron chi connectivity index (χ1n) is 7.62. The number of benzene rings is 1. The lowest BCUT2D eigenvalue weighted by Crippen LogP contribution is -2.28. The molecule has 128 valence electrons. The molecule has 0 radical (unpaired) electrons. The number of halogens is 1. The Bertz CT molecular complexity index is 673. The SMILES string of the molecule is CCC/C(C)=N/N=C1/NC(=O)C(CC(=O)Nc2ccc(Cl)cc2)S1. The van der Waals surface area contributed by atoms with Crippen molar-refractivity contribution < 1.29 is 9.59 Å². The largest absolute Gasteiger partial charge is 0.326 e. The van der Waals surface area contributed by atoms with Gasteiger partial charge in [-0.15, -0.1) is 5.10 Å². The van der Waals surface area contributed by atoms with Gasteiger partial charge in [-0.3, -0.25) is 9.59 Å². The number of carbonyl (C=O) groups excluding carboxylic acids is 2. The van der Waals surface area contributed by atoms with Gasteiger partial charge in [0.1, 0.15) is 5.25 Å². The molecule has 1 atom stereocenters. The molecule has 0 spiro atoms. The van der Waals surface area contributed by atoms with Crippen LogP contribution in [0.1, 0.15) is 33.1 Å². The van der Waals surface area contributed by atoms with Crippen LogP contribution in [0.5, 0.6) is 0 Å². The second-order valence-electron chi connectivity index (χ2n) is 5.35. The van der Waals surface area contributed by atoms with E-state index in [2.05, 4.69) is 27.8 Å². The summed E-state index contributed by atoms with van der Waals surface area (Å²) in [7, 11) is 0. The molecule has 1 aliphatic rings. The molecule has 1 aromatic carbocycles. The Labute approximate surface area is 150 Å². The Hall–Kier alpha value is -1.86. The molecule has 2 amide bonds. The number of carbonyl (C=O) groups is 2. The van der Waals surface area contributed by atoms with Crippen LogP contribution in [0.3, 0.4) is 0 Å². The van der Waals surface area contributed by atoms with Crippen molar-refractivity contribution in [1.29, 1.82) is 0 Å². The minimum Gasteiger partial charge on any atom is -0.326 e. The molecule has 2 rings (SSSR count). The standard InChI is InChI=1S/C16H19ClN4O2S/c1-3-4-10(2)20-21-16-19-15(23)13(24-16)9-14(22)18-12-7-5-11(17)6-8-12/h5-8,13H,3-4,9H2,1-2H3,(H,18,22)(H,19,21,23)/b20-10+. The number of amidine groups is 1. The van der Waals surface area contributed by atoms with Crippen molar-refractivity contribution in [3.05, 3.63) is 29.3 Å². The number of nitrogens with zero attached hydrogens (tertiary/aromatic N) is 2. The Kier molecular flexibility index (Phi) is 6.81. The summed E-state index contributed by atoms with van der Waals surface area (Å²) in [5.74, 6) is -0.467. The van der Waals surface area contributed by atoms with Crippen molar-refractivity contribution in [1.82, 2.24) is 5.32 Å². The van der Waals surface area contributed by atoms with Crippen molar-refractivity contribution >= 4 is 51.7 Å². The highest BCUT2D eigenvalue weighted by molar-refractivity contribution is 8.15. The molecule has 24 heavy (non-hydrogen) atoms. The molecule has 0 saturated carbocycles. The summed E-state index contributed by atoms with van der Waals surface area (Å²) >= 11 is 7.02. The summed E-state index contributed by atoms with van der Waals surface area (Å²) in [6.45, 7) is 3.96. The summed E-state index contributed by atoms with van der Waals surface area (Å²) in [6.07, 6.45) is 1.92. The van der Waals surface area contributed by atoms with Crippen LogP contribution in [-0.4, -0.2) is 27.9 Å². The first-order valence-corrected chi connectivity index (χ1v) is 8.87. The van der Waals surface area contributed by atoms with Crippen LogP contribution in [0.25, 0.3) is 0 Å². The van der Waals surface area contributed by atoms with Crippen LogP contribution in [-0.2, 0) is 9.59 Å². The fourth-order valence-electron chi connectivity index (χ4n) is 2.04. The lowest BCUT2D eigenvalue weighted by atomic mass is 10.2. The maximum absolute atomic E-state index is 12.1. The van der Waals surface area contributed by atoms with E-state index in [1.165, 1.54) is 11.8 Å². The zero-order valence-electron chi connectivity index (χ0n) is 13.5. The molecule has 1 fully saturated rings. The van der Waals surface area contributed by atoms with E-state index < -0.39 is 5.25 Å². The second-order valence-corrected chi connectivity index (χ2v) is 6.97. The third-order valence-corrected chi connectivity index (χ3v) is 4.52. The van der Waals surface area contributed by atoms with Gasteiger partial charge in [0.2, 0.25) is 11.8 Å². The van der Waals surface area contributed by atoms with Crippen LogP contribution in [0, 0.1) is 0 Å². The third-order valence-electron chi connectivity index (χ3n) is 3.20. The maximum Gasteiger partial charge on any atom is 0.240 e. The van der Waals surface area contributed by atoms with Crippen LogP contribution in [0.4, 0.5) is 5.69 Å². The summed E-state index contributed by atoms with van der Waals surface area (Å²) < 4.78 is 0. The van der Waals surface area contributed by atoms with Crippen molar-refractivity contribution in [3.63, 3.8) is 0 Å². The zero-order chi connectivity index (χ0) is 17.5. The number of thioether (sulfide) groups is 1. The van der Waals surface area contributed by atoms with Crippen LogP contribution < -0.4 is 10.6 Å². The summed E-state index contributed by atoms with van der Waals surface area (Å²) in [5.41, 5.74) is 1.55. The average Bonchev–Trinajstić information content (AvgIpc) is 2.88. The Morgan fingerprint density at radius 3 is 2.75 bits per heavy atom. The molecule has 8 heteroatoms. The average molecular weight is 367 g/mol. The van der Waals surface area contributed by atoms with Gasteiger partial charge in [0.15, 0.2) is 5.17 Å². The number of hydrogen-bond acceptors (Lipinski definition) is 5. The van der Waals surface area contributed by atoms with Gasteiger partial charge >= 0.3 is 0 Å². The molecule has 2 N–H and O–H groups in total. The second kappa shape index (κ2) is 8.84. The maximum atomic E-state index is 12.1. The molecule has 6 nitrogen and oxygen atoms in total. The van der Waals surface area contributed by atoms with E-state index in [1.807, 2.05) is 6.92 Å². The highest BCUT2D eigenvalue weighted by Crippen LogP contribution is 2.23. The number of anilines is 1. The first kappa shape index (κ1) is 18.5. The van der Waals surface area contributed by atoms with Gasteiger partial charge in [0.25, 0.3) is 0 Å². The van der Waals surface area contributed by atoms with E-state index in [9.17, 15) is 9.59 Å². The van der Waals surface area contributed by atoms with Gasteiger partial charge in [0.05, 0.1) is 0 Å². The van der Waals surface area contributed by atoms with Gasteiger partial charge in [-0.05, 0) is 37.6 Å². The van der Waals surface area contributed by atoms with Gasteiger partial charge in [-0.25, -0.2) is 0 Å². The van der Waals surface area contributed by atoms with E-state index in [1.54, 1.807) is 24.3 Å². The fraction of sp³-hybridized carbons (Fsp3) is 0.375. The highest BCUT2D eigenvalue weighted by atomic mass is 35.5. The topological polar surface area (TPSA) is 82.9 Å². The molecule has 0 bridgehead atoms. The predicted molar refractivity (Wildman–Crippen MR) is 99.7 cm³/mol.